The van der Waals surface area contributed by atoms with Gasteiger partial charge in [0.2, 0.25) is 11.8 Å². The molecule has 1 heterocycles. The minimum absolute atomic E-state index is 0.140. The maximum absolute atomic E-state index is 13.2. The first-order valence-corrected chi connectivity index (χ1v) is 10.2. The van der Waals surface area contributed by atoms with Gasteiger partial charge in [-0.2, -0.15) is 0 Å². The van der Waals surface area contributed by atoms with Crippen LogP contribution in [0.25, 0.3) is 0 Å². The average Bonchev–Trinajstić information content (AvgIpc) is 2.94. The van der Waals surface area contributed by atoms with Crippen LogP contribution in [0.4, 0.5) is 15.8 Å². The molecule has 0 radical (unpaired) electrons. The summed E-state index contributed by atoms with van der Waals surface area (Å²) in [7, 11) is 0. The first-order chi connectivity index (χ1) is 14.8. The average molecular weight is 443 g/mol. The van der Waals surface area contributed by atoms with E-state index in [1.54, 1.807) is 17.0 Å². The van der Waals surface area contributed by atoms with Crippen molar-refractivity contribution in [2.45, 2.75) is 26.3 Å². The monoisotopic (exact) mass is 442 g/mol. The molecular formula is C22H23FN4O3S. The Balaban J connectivity index is 1.79. The van der Waals surface area contributed by atoms with Crippen molar-refractivity contribution in [3.05, 3.63) is 59.9 Å². The summed E-state index contributed by atoms with van der Waals surface area (Å²) in [6, 6.07) is 11.9. The minimum Gasteiger partial charge on any atom is -0.355 e. The number of benzene rings is 2. The van der Waals surface area contributed by atoms with Gasteiger partial charge in [0.15, 0.2) is 5.11 Å². The van der Waals surface area contributed by atoms with E-state index in [-0.39, 0.29) is 36.4 Å². The molecule has 1 atom stereocenters. The van der Waals surface area contributed by atoms with Crippen LogP contribution in [0, 0.1) is 12.7 Å². The fourth-order valence-corrected chi connectivity index (χ4v) is 3.71. The molecule has 7 nitrogen and oxygen atoms in total. The summed E-state index contributed by atoms with van der Waals surface area (Å²) in [4.78, 5) is 40.1. The van der Waals surface area contributed by atoms with Crippen LogP contribution in [0.5, 0.6) is 0 Å². The van der Waals surface area contributed by atoms with Gasteiger partial charge >= 0.3 is 0 Å². The summed E-state index contributed by atoms with van der Waals surface area (Å²) in [5, 5.41) is 5.63. The topological polar surface area (TPSA) is 81.8 Å². The Morgan fingerprint density at radius 2 is 1.74 bits per heavy atom. The van der Waals surface area contributed by atoms with Gasteiger partial charge in [-0.15, -0.1) is 0 Å². The number of halogens is 1. The van der Waals surface area contributed by atoms with Gasteiger partial charge in [0, 0.05) is 25.7 Å². The molecule has 1 aliphatic rings. The van der Waals surface area contributed by atoms with Gasteiger partial charge < -0.3 is 15.5 Å². The SMILES string of the molecule is CC(=O)NCCN1C(=S)N(c2ccc(C)cc2)C(=O)[C@H]1CC(=O)Nc1ccc(F)cc1. The molecule has 0 saturated carbocycles. The van der Waals surface area contributed by atoms with Gasteiger partial charge in [-0.25, -0.2) is 4.39 Å². The molecule has 0 aromatic heterocycles. The highest BCUT2D eigenvalue weighted by Gasteiger charge is 2.43. The number of amides is 3. The van der Waals surface area contributed by atoms with Crippen molar-refractivity contribution in [2.75, 3.05) is 23.3 Å². The fraction of sp³-hybridized carbons (Fsp3) is 0.273. The van der Waals surface area contributed by atoms with Crippen LogP contribution < -0.4 is 15.5 Å². The maximum Gasteiger partial charge on any atom is 0.256 e. The summed E-state index contributed by atoms with van der Waals surface area (Å²) in [5.41, 5.74) is 2.09. The zero-order valence-electron chi connectivity index (χ0n) is 17.2. The number of nitrogens with zero attached hydrogens (tertiary/aromatic N) is 2. The number of anilines is 2. The molecule has 2 N–H and O–H groups in total. The predicted molar refractivity (Wildman–Crippen MR) is 120 cm³/mol. The Kier molecular flexibility index (Phi) is 6.96. The van der Waals surface area contributed by atoms with Gasteiger partial charge in [-0.3, -0.25) is 19.3 Å². The van der Waals surface area contributed by atoms with Gasteiger partial charge in [0.25, 0.3) is 5.91 Å². The number of hydrogen-bond acceptors (Lipinski definition) is 4. The third kappa shape index (κ3) is 5.43. The molecule has 3 rings (SSSR count). The van der Waals surface area contributed by atoms with E-state index < -0.39 is 17.8 Å². The van der Waals surface area contributed by atoms with Crippen LogP contribution in [0.1, 0.15) is 18.9 Å². The van der Waals surface area contributed by atoms with Crippen LogP contribution >= 0.6 is 12.2 Å². The van der Waals surface area contributed by atoms with Crippen molar-refractivity contribution in [3.8, 4) is 0 Å². The molecule has 2 aromatic rings. The number of carbonyl (C=O) groups is 3. The van der Waals surface area contributed by atoms with Gasteiger partial charge in [0.05, 0.1) is 12.1 Å². The lowest BCUT2D eigenvalue weighted by Crippen LogP contribution is -2.42. The van der Waals surface area contributed by atoms with Gasteiger partial charge in [-0.1, -0.05) is 17.7 Å². The molecule has 31 heavy (non-hydrogen) atoms. The molecular weight excluding hydrogens is 419 g/mol. The van der Waals surface area contributed by atoms with Crippen LogP contribution in [0.15, 0.2) is 48.5 Å². The molecule has 0 spiro atoms. The number of thiocarbonyl (C=S) groups is 1. The standard InChI is InChI=1S/C22H23FN4O3S/c1-14-3-9-18(10-4-14)27-21(30)19(26(22(27)31)12-11-24-15(2)28)13-20(29)25-17-7-5-16(23)6-8-17/h3-10,19H,11-13H2,1-2H3,(H,24,28)(H,25,29)/t19-/m1/s1. The second-order valence-corrected chi connectivity index (χ2v) is 7.61. The molecule has 2 aromatic carbocycles. The summed E-state index contributed by atoms with van der Waals surface area (Å²) in [6.07, 6.45) is -0.140. The second kappa shape index (κ2) is 9.65. The summed E-state index contributed by atoms with van der Waals surface area (Å²) < 4.78 is 13.1. The lowest BCUT2D eigenvalue weighted by Gasteiger charge is -2.24. The van der Waals surface area contributed by atoms with Crippen molar-refractivity contribution < 1.29 is 18.8 Å². The highest BCUT2D eigenvalue weighted by molar-refractivity contribution is 7.80. The molecule has 1 aliphatic heterocycles. The lowest BCUT2D eigenvalue weighted by atomic mass is 10.1. The van der Waals surface area contributed by atoms with E-state index in [4.69, 9.17) is 12.2 Å². The molecule has 1 saturated heterocycles. The number of nitrogens with one attached hydrogen (secondary N) is 2. The van der Waals surface area contributed by atoms with Crippen LogP contribution in [-0.2, 0) is 14.4 Å². The van der Waals surface area contributed by atoms with Crippen molar-refractivity contribution in [2.24, 2.45) is 0 Å². The van der Waals surface area contributed by atoms with Gasteiger partial charge in [-0.05, 0) is 55.5 Å². The van der Waals surface area contributed by atoms with Crippen molar-refractivity contribution in [1.29, 1.82) is 0 Å². The van der Waals surface area contributed by atoms with E-state index in [2.05, 4.69) is 10.6 Å². The van der Waals surface area contributed by atoms with E-state index in [9.17, 15) is 18.8 Å². The second-order valence-electron chi connectivity index (χ2n) is 7.24. The highest BCUT2D eigenvalue weighted by atomic mass is 32.1. The van der Waals surface area contributed by atoms with Crippen LogP contribution in [-0.4, -0.2) is 46.9 Å². The molecule has 0 aliphatic carbocycles. The quantitative estimate of drug-likeness (QED) is 0.645. The molecule has 162 valence electrons. The molecule has 9 heteroatoms. The predicted octanol–water partition coefficient (Wildman–Crippen LogP) is 2.60. The van der Waals surface area contributed by atoms with E-state index >= 15 is 0 Å². The van der Waals surface area contributed by atoms with E-state index in [0.29, 0.717) is 11.4 Å². The van der Waals surface area contributed by atoms with E-state index in [0.717, 1.165) is 5.56 Å². The zero-order chi connectivity index (χ0) is 22.5. The first-order valence-electron chi connectivity index (χ1n) is 9.77. The Hall–Kier alpha value is -3.33. The summed E-state index contributed by atoms with van der Waals surface area (Å²) in [6.45, 7) is 3.90. The van der Waals surface area contributed by atoms with Crippen molar-refractivity contribution in [3.63, 3.8) is 0 Å². The smallest absolute Gasteiger partial charge is 0.256 e. The van der Waals surface area contributed by atoms with E-state index in [1.165, 1.54) is 36.1 Å². The Labute approximate surface area is 185 Å². The van der Waals surface area contributed by atoms with E-state index in [1.807, 2.05) is 19.1 Å². The maximum atomic E-state index is 13.2. The lowest BCUT2D eigenvalue weighted by molar-refractivity contribution is -0.124. The third-order valence-corrected chi connectivity index (χ3v) is 5.26. The van der Waals surface area contributed by atoms with Gasteiger partial charge in [0.1, 0.15) is 11.9 Å². The summed E-state index contributed by atoms with van der Waals surface area (Å²) in [5.74, 6) is -1.32. The molecule has 0 bridgehead atoms. The largest absolute Gasteiger partial charge is 0.355 e. The summed E-state index contributed by atoms with van der Waals surface area (Å²) >= 11 is 5.55. The Morgan fingerprint density at radius 1 is 1.10 bits per heavy atom. The molecule has 0 unspecified atom stereocenters. The van der Waals surface area contributed by atoms with Crippen LogP contribution in [0.2, 0.25) is 0 Å². The minimum atomic E-state index is -0.817. The third-order valence-electron chi connectivity index (χ3n) is 4.84. The highest BCUT2D eigenvalue weighted by Crippen LogP contribution is 2.27. The Morgan fingerprint density at radius 3 is 2.35 bits per heavy atom. The van der Waals surface area contributed by atoms with Crippen molar-refractivity contribution >= 4 is 46.4 Å². The number of carbonyl (C=O) groups excluding carboxylic acids is 3. The number of rotatable bonds is 7. The van der Waals surface area contributed by atoms with Crippen molar-refractivity contribution in [1.82, 2.24) is 10.2 Å². The molecule has 1 fully saturated rings. The Bertz CT molecular complexity index is 995. The molecule has 3 amide bonds. The number of aryl methyl sites for hydroxylation is 1. The first kappa shape index (κ1) is 22.4. The fourth-order valence-electron chi connectivity index (χ4n) is 3.29. The van der Waals surface area contributed by atoms with Crippen LogP contribution in [0.3, 0.4) is 0 Å². The zero-order valence-corrected chi connectivity index (χ0v) is 18.0. The number of hydrogen-bond donors (Lipinski definition) is 2. The normalized spacial score (nSPS) is 15.9.